The lowest BCUT2D eigenvalue weighted by molar-refractivity contribution is 0.386. The van der Waals surface area contributed by atoms with Gasteiger partial charge < -0.3 is 14.4 Å². The Morgan fingerprint density at radius 1 is 1.17 bits per heavy atom. The maximum Gasteiger partial charge on any atom is 0.133 e. The van der Waals surface area contributed by atoms with Gasteiger partial charge in [0.15, 0.2) is 0 Å². The predicted octanol–water partition coefficient (Wildman–Crippen LogP) is 2.63. The summed E-state index contributed by atoms with van der Waals surface area (Å²) in [7, 11) is 3.31. The topological polar surface area (TPSA) is 34.1 Å². The Bertz CT molecular complexity index is 573. The SMILES string of the molecule is COc1cc2c(c(OC)c1)CN1C=CC=CC1=N2. The summed E-state index contributed by atoms with van der Waals surface area (Å²) in [4.78, 5) is 6.72. The molecule has 0 aromatic heterocycles. The van der Waals surface area contributed by atoms with Gasteiger partial charge in [-0.2, -0.15) is 0 Å². The number of methoxy groups -OCH3 is 2. The number of hydrogen-bond donors (Lipinski definition) is 0. The van der Waals surface area contributed by atoms with Gasteiger partial charge >= 0.3 is 0 Å². The number of allylic oxidation sites excluding steroid dienone is 2. The Labute approximate surface area is 106 Å². The number of benzene rings is 1. The van der Waals surface area contributed by atoms with E-state index in [2.05, 4.69) is 9.89 Å². The molecule has 0 bridgehead atoms. The molecule has 0 amide bonds. The molecule has 0 N–H and O–H groups in total. The van der Waals surface area contributed by atoms with Crippen molar-refractivity contribution in [2.45, 2.75) is 6.54 Å². The van der Waals surface area contributed by atoms with E-state index in [9.17, 15) is 0 Å². The molecular formula is C14H14N2O2. The Kier molecular flexibility index (Phi) is 2.55. The number of rotatable bonds is 2. The fraction of sp³-hybridized carbons (Fsp3) is 0.214. The minimum absolute atomic E-state index is 0.763. The first-order valence-corrected chi connectivity index (χ1v) is 5.77. The molecule has 92 valence electrons. The second-order valence-electron chi connectivity index (χ2n) is 4.13. The lowest BCUT2D eigenvalue weighted by Gasteiger charge is -2.28. The van der Waals surface area contributed by atoms with Crippen molar-refractivity contribution in [3.05, 3.63) is 42.1 Å². The van der Waals surface area contributed by atoms with E-state index in [1.165, 1.54) is 0 Å². The van der Waals surface area contributed by atoms with E-state index < -0.39 is 0 Å². The van der Waals surface area contributed by atoms with Crippen molar-refractivity contribution in [3.63, 3.8) is 0 Å². The second-order valence-corrected chi connectivity index (χ2v) is 4.13. The van der Waals surface area contributed by atoms with E-state index in [-0.39, 0.29) is 0 Å². The monoisotopic (exact) mass is 242 g/mol. The quantitative estimate of drug-likeness (QED) is 0.799. The van der Waals surface area contributed by atoms with Crippen molar-refractivity contribution >= 4 is 11.5 Å². The number of hydrogen-bond acceptors (Lipinski definition) is 4. The largest absolute Gasteiger partial charge is 0.497 e. The first-order valence-electron chi connectivity index (χ1n) is 5.77. The Balaban J connectivity index is 2.14. The zero-order valence-electron chi connectivity index (χ0n) is 10.4. The van der Waals surface area contributed by atoms with Crippen molar-refractivity contribution in [2.24, 2.45) is 4.99 Å². The fourth-order valence-corrected chi connectivity index (χ4v) is 2.16. The van der Waals surface area contributed by atoms with Crippen LogP contribution in [0.3, 0.4) is 0 Å². The molecule has 0 aliphatic carbocycles. The van der Waals surface area contributed by atoms with E-state index in [0.717, 1.165) is 35.1 Å². The van der Waals surface area contributed by atoms with Crippen LogP contribution in [0.25, 0.3) is 0 Å². The molecule has 0 atom stereocenters. The molecule has 0 unspecified atom stereocenters. The molecule has 2 heterocycles. The lowest BCUT2D eigenvalue weighted by atomic mass is 10.1. The summed E-state index contributed by atoms with van der Waals surface area (Å²) in [6.07, 6.45) is 8.00. The van der Waals surface area contributed by atoms with E-state index in [0.29, 0.717) is 0 Å². The molecule has 4 heteroatoms. The first-order chi connectivity index (χ1) is 8.81. The van der Waals surface area contributed by atoms with Crippen LogP contribution in [0.5, 0.6) is 11.5 Å². The molecule has 18 heavy (non-hydrogen) atoms. The molecular weight excluding hydrogens is 228 g/mol. The first kappa shape index (κ1) is 10.9. The standard InChI is InChI=1S/C14H14N2O2/c1-17-10-7-12-11(13(8-10)18-2)9-16-6-4-3-5-14(16)15-12/h3-8H,9H2,1-2H3. The van der Waals surface area contributed by atoms with Crippen LogP contribution in [0.2, 0.25) is 0 Å². The van der Waals surface area contributed by atoms with Crippen LogP contribution in [0, 0.1) is 0 Å². The molecule has 0 saturated carbocycles. The highest BCUT2D eigenvalue weighted by Crippen LogP contribution is 2.38. The third-order valence-corrected chi connectivity index (χ3v) is 3.09. The molecule has 4 nitrogen and oxygen atoms in total. The van der Waals surface area contributed by atoms with Crippen LogP contribution in [-0.4, -0.2) is 25.0 Å². The molecule has 3 rings (SSSR count). The highest BCUT2D eigenvalue weighted by Gasteiger charge is 2.21. The van der Waals surface area contributed by atoms with Gasteiger partial charge in [-0.05, 0) is 12.2 Å². The highest BCUT2D eigenvalue weighted by molar-refractivity contribution is 5.98. The van der Waals surface area contributed by atoms with E-state index in [4.69, 9.17) is 9.47 Å². The van der Waals surface area contributed by atoms with Crippen molar-refractivity contribution in [1.29, 1.82) is 0 Å². The Hall–Kier alpha value is -2.23. The number of fused-ring (bicyclic) bond motifs is 2. The van der Waals surface area contributed by atoms with E-state index in [1.54, 1.807) is 14.2 Å². The average molecular weight is 242 g/mol. The fourth-order valence-electron chi connectivity index (χ4n) is 2.16. The van der Waals surface area contributed by atoms with Gasteiger partial charge in [0, 0.05) is 23.9 Å². The molecule has 2 aliphatic heterocycles. The smallest absolute Gasteiger partial charge is 0.133 e. The zero-order chi connectivity index (χ0) is 12.5. The maximum atomic E-state index is 5.42. The van der Waals surface area contributed by atoms with Crippen molar-refractivity contribution in [2.75, 3.05) is 14.2 Å². The van der Waals surface area contributed by atoms with Gasteiger partial charge in [-0.25, -0.2) is 4.99 Å². The molecule has 2 aliphatic rings. The number of amidine groups is 1. The third-order valence-electron chi connectivity index (χ3n) is 3.09. The summed E-state index contributed by atoms with van der Waals surface area (Å²) < 4.78 is 10.7. The van der Waals surface area contributed by atoms with Crippen LogP contribution in [0.1, 0.15) is 5.56 Å². The van der Waals surface area contributed by atoms with Crippen molar-refractivity contribution in [3.8, 4) is 11.5 Å². The molecule has 1 aromatic rings. The molecule has 0 saturated heterocycles. The zero-order valence-corrected chi connectivity index (χ0v) is 10.4. The van der Waals surface area contributed by atoms with Crippen LogP contribution in [-0.2, 0) is 6.54 Å². The lowest BCUT2D eigenvalue weighted by Crippen LogP contribution is -2.27. The van der Waals surface area contributed by atoms with Crippen molar-refractivity contribution < 1.29 is 9.47 Å². The molecule has 0 radical (unpaired) electrons. The Morgan fingerprint density at radius 2 is 2.06 bits per heavy atom. The van der Waals surface area contributed by atoms with Gasteiger partial charge in [0.1, 0.15) is 17.3 Å². The minimum Gasteiger partial charge on any atom is -0.497 e. The van der Waals surface area contributed by atoms with Gasteiger partial charge in [-0.3, -0.25) is 0 Å². The van der Waals surface area contributed by atoms with Gasteiger partial charge in [-0.1, -0.05) is 6.08 Å². The third kappa shape index (κ3) is 1.66. The molecule has 0 fully saturated rings. The summed E-state index contributed by atoms with van der Waals surface area (Å²) >= 11 is 0. The molecule has 0 spiro atoms. The summed E-state index contributed by atoms with van der Waals surface area (Å²) in [5.41, 5.74) is 2.00. The van der Waals surface area contributed by atoms with Gasteiger partial charge in [0.05, 0.1) is 26.5 Å². The highest BCUT2D eigenvalue weighted by atomic mass is 16.5. The van der Waals surface area contributed by atoms with Crippen LogP contribution >= 0.6 is 0 Å². The van der Waals surface area contributed by atoms with E-state index >= 15 is 0 Å². The van der Waals surface area contributed by atoms with Crippen LogP contribution < -0.4 is 9.47 Å². The minimum atomic E-state index is 0.763. The van der Waals surface area contributed by atoms with Crippen LogP contribution in [0.4, 0.5) is 5.69 Å². The summed E-state index contributed by atoms with van der Waals surface area (Å²) in [5.74, 6) is 2.52. The van der Waals surface area contributed by atoms with Gasteiger partial charge in [0.2, 0.25) is 0 Å². The summed E-state index contributed by atoms with van der Waals surface area (Å²) in [5, 5.41) is 0. The number of ether oxygens (including phenoxy) is 2. The van der Waals surface area contributed by atoms with Crippen LogP contribution in [0.15, 0.2) is 41.6 Å². The number of nitrogens with zero attached hydrogens (tertiary/aromatic N) is 2. The summed E-state index contributed by atoms with van der Waals surface area (Å²) in [6.45, 7) is 0.766. The molecule has 1 aromatic carbocycles. The van der Waals surface area contributed by atoms with Gasteiger partial charge in [0.25, 0.3) is 0 Å². The maximum absolute atomic E-state index is 5.42. The average Bonchev–Trinajstić information content (AvgIpc) is 2.43. The predicted molar refractivity (Wildman–Crippen MR) is 70.5 cm³/mol. The van der Waals surface area contributed by atoms with Gasteiger partial charge in [-0.15, -0.1) is 0 Å². The number of aliphatic imine (C=N–C) groups is 1. The van der Waals surface area contributed by atoms with Crippen molar-refractivity contribution in [1.82, 2.24) is 4.90 Å². The van der Waals surface area contributed by atoms with E-state index in [1.807, 2.05) is 36.6 Å². The second kappa shape index (κ2) is 4.22. The summed E-state index contributed by atoms with van der Waals surface area (Å²) in [6, 6.07) is 3.83. The Morgan fingerprint density at radius 3 is 2.83 bits per heavy atom. The normalized spacial score (nSPS) is 15.9.